The number of carbonyl (C=O) groups is 2. The lowest BCUT2D eigenvalue weighted by atomic mass is 10.2. The van der Waals surface area contributed by atoms with Crippen molar-refractivity contribution >= 4 is 34.1 Å². The Balaban J connectivity index is 1.39. The number of benzene rings is 2. The molecular weight excluding hydrogens is 356 g/mol. The molecule has 0 saturated heterocycles. The van der Waals surface area contributed by atoms with Gasteiger partial charge in [0.2, 0.25) is 17.2 Å². The van der Waals surface area contributed by atoms with E-state index < -0.39 is 0 Å². The minimum absolute atomic E-state index is 0.0275. The lowest BCUT2D eigenvalue weighted by molar-refractivity contribution is -0.117. The van der Waals surface area contributed by atoms with E-state index in [0.717, 1.165) is 12.8 Å². The smallest absolute Gasteiger partial charge is 0.227 e. The maximum absolute atomic E-state index is 12.3. The predicted molar refractivity (Wildman–Crippen MR) is 107 cm³/mol. The molecule has 0 spiro atoms. The van der Waals surface area contributed by atoms with Crippen LogP contribution in [0.1, 0.15) is 19.3 Å². The average molecular weight is 376 g/mol. The van der Waals surface area contributed by atoms with Crippen molar-refractivity contribution in [3.05, 3.63) is 65.0 Å². The third-order valence-electron chi connectivity index (χ3n) is 4.67. The Kier molecular flexibility index (Phi) is 4.89. The number of nitrogens with one attached hydrogen (secondary N) is 2. The molecule has 0 radical (unpaired) electrons. The number of anilines is 2. The van der Waals surface area contributed by atoms with Gasteiger partial charge in [-0.2, -0.15) is 5.10 Å². The molecule has 1 fully saturated rings. The Hall–Kier alpha value is -3.48. The van der Waals surface area contributed by atoms with E-state index in [0.29, 0.717) is 28.8 Å². The molecular formula is C21H20N4O3. The van der Waals surface area contributed by atoms with Gasteiger partial charge in [0.15, 0.2) is 0 Å². The Morgan fingerprint density at radius 3 is 2.57 bits per heavy atom. The second-order valence-corrected chi connectivity index (χ2v) is 6.89. The summed E-state index contributed by atoms with van der Waals surface area (Å²) >= 11 is 0. The normalized spacial score (nSPS) is 13.3. The van der Waals surface area contributed by atoms with Crippen LogP contribution in [0.5, 0.6) is 0 Å². The number of aromatic nitrogens is 2. The topological polar surface area (TPSA) is 93.1 Å². The Morgan fingerprint density at radius 1 is 1.04 bits per heavy atom. The lowest BCUT2D eigenvalue weighted by Crippen LogP contribution is -2.18. The van der Waals surface area contributed by atoms with Gasteiger partial charge in [0.25, 0.3) is 0 Å². The van der Waals surface area contributed by atoms with Crippen LogP contribution in [-0.4, -0.2) is 21.6 Å². The molecule has 1 aromatic heterocycles. The SMILES string of the molecule is O=C(CCn1ncc(=O)c2ccccc21)Nc1cccc(NC(=O)C2CC2)c1. The number of aryl methyl sites for hydroxylation is 1. The first-order chi connectivity index (χ1) is 13.6. The van der Waals surface area contributed by atoms with Crippen LogP contribution in [0.2, 0.25) is 0 Å². The summed E-state index contributed by atoms with van der Waals surface area (Å²) in [4.78, 5) is 36.1. The van der Waals surface area contributed by atoms with Gasteiger partial charge in [0.05, 0.1) is 18.3 Å². The van der Waals surface area contributed by atoms with Crippen molar-refractivity contribution in [2.24, 2.45) is 5.92 Å². The molecule has 7 heteroatoms. The summed E-state index contributed by atoms with van der Waals surface area (Å²) in [5, 5.41) is 10.4. The number of carbonyl (C=O) groups excluding carboxylic acids is 2. The van der Waals surface area contributed by atoms with Crippen LogP contribution in [0.3, 0.4) is 0 Å². The molecule has 4 rings (SSSR count). The summed E-state index contributed by atoms with van der Waals surface area (Å²) in [7, 11) is 0. The molecule has 2 aromatic carbocycles. The summed E-state index contributed by atoms with van der Waals surface area (Å²) in [6, 6.07) is 14.3. The number of fused-ring (bicyclic) bond motifs is 1. The zero-order valence-corrected chi connectivity index (χ0v) is 15.2. The lowest BCUT2D eigenvalue weighted by Gasteiger charge is -2.10. The van der Waals surface area contributed by atoms with E-state index in [1.54, 1.807) is 41.1 Å². The average Bonchev–Trinajstić information content (AvgIpc) is 3.53. The van der Waals surface area contributed by atoms with Crippen LogP contribution in [0.4, 0.5) is 11.4 Å². The predicted octanol–water partition coefficient (Wildman–Crippen LogP) is 2.77. The number of hydrogen-bond donors (Lipinski definition) is 2. The highest BCUT2D eigenvalue weighted by molar-refractivity contribution is 5.96. The second-order valence-electron chi connectivity index (χ2n) is 6.89. The molecule has 2 amide bonds. The minimum Gasteiger partial charge on any atom is -0.326 e. The molecule has 3 aromatic rings. The van der Waals surface area contributed by atoms with E-state index in [1.165, 1.54) is 6.20 Å². The van der Waals surface area contributed by atoms with Crippen molar-refractivity contribution in [2.45, 2.75) is 25.8 Å². The number of para-hydroxylation sites is 1. The zero-order valence-electron chi connectivity index (χ0n) is 15.2. The van der Waals surface area contributed by atoms with Crippen molar-refractivity contribution in [3.63, 3.8) is 0 Å². The highest BCUT2D eigenvalue weighted by Crippen LogP contribution is 2.30. The van der Waals surface area contributed by atoms with Crippen LogP contribution < -0.4 is 16.1 Å². The number of rotatable bonds is 6. The van der Waals surface area contributed by atoms with Crippen LogP contribution in [-0.2, 0) is 16.1 Å². The van der Waals surface area contributed by atoms with Crippen LogP contribution in [0.25, 0.3) is 10.9 Å². The third kappa shape index (κ3) is 4.09. The Morgan fingerprint density at radius 2 is 1.79 bits per heavy atom. The standard InChI is InChI=1S/C21H20N4O3/c26-19-13-22-25(18-7-2-1-6-17(18)19)11-10-20(27)23-15-4-3-5-16(12-15)24-21(28)14-8-9-14/h1-7,12-14H,8-11H2,(H,23,27)(H,24,28). The van der Waals surface area contributed by atoms with E-state index in [4.69, 9.17) is 0 Å². The summed E-state index contributed by atoms with van der Waals surface area (Å²) < 4.78 is 1.66. The largest absolute Gasteiger partial charge is 0.326 e. The molecule has 1 heterocycles. The van der Waals surface area contributed by atoms with Gasteiger partial charge in [-0.25, -0.2) is 0 Å². The molecule has 28 heavy (non-hydrogen) atoms. The van der Waals surface area contributed by atoms with Crippen LogP contribution >= 0.6 is 0 Å². The number of amides is 2. The van der Waals surface area contributed by atoms with Gasteiger partial charge in [-0.1, -0.05) is 18.2 Å². The summed E-state index contributed by atoms with van der Waals surface area (Å²) in [5.74, 6) is -0.0204. The first kappa shape index (κ1) is 17.9. The molecule has 0 aliphatic heterocycles. The van der Waals surface area contributed by atoms with Gasteiger partial charge < -0.3 is 10.6 Å². The highest BCUT2D eigenvalue weighted by atomic mass is 16.2. The highest BCUT2D eigenvalue weighted by Gasteiger charge is 2.29. The van der Waals surface area contributed by atoms with E-state index >= 15 is 0 Å². The molecule has 1 saturated carbocycles. The van der Waals surface area contributed by atoms with Crippen molar-refractivity contribution in [2.75, 3.05) is 10.6 Å². The van der Waals surface area contributed by atoms with Crippen LogP contribution in [0, 0.1) is 5.92 Å². The minimum atomic E-state index is -0.171. The zero-order chi connectivity index (χ0) is 19.5. The number of hydrogen-bond acceptors (Lipinski definition) is 4. The van der Waals surface area contributed by atoms with E-state index in [1.807, 2.05) is 12.1 Å². The molecule has 142 valence electrons. The summed E-state index contributed by atoms with van der Waals surface area (Å²) in [6.45, 7) is 0.352. The molecule has 0 atom stereocenters. The Labute approximate surface area is 161 Å². The first-order valence-electron chi connectivity index (χ1n) is 9.26. The molecule has 2 N–H and O–H groups in total. The molecule has 7 nitrogen and oxygen atoms in total. The maximum Gasteiger partial charge on any atom is 0.227 e. The molecule has 1 aliphatic rings. The Bertz CT molecular complexity index is 1100. The van der Waals surface area contributed by atoms with Gasteiger partial charge in [0, 0.05) is 29.1 Å². The number of nitrogens with zero attached hydrogens (tertiary/aromatic N) is 2. The first-order valence-corrected chi connectivity index (χ1v) is 9.26. The fraction of sp³-hybridized carbons (Fsp3) is 0.238. The summed E-state index contributed by atoms with van der Waals surface area (Å²) in [6.07, 6.45) is 3.36. The van der Waals surface area contributed by atoms with Gasteiger partial charge >= 0.3 is 0 Å². The van der Waals surface area contributed by atoms with Crippen LogP contribution in [0.15, 0.2) is 59.5 Å². The van der Waals surface area contributed by atoms with Crippen molar-refractivity contribution in [3.8, 4) is 0 Å². The van der Waals surface area contributed by atoms with Crippen molar-refractivity contribution in [1.29, 1.82) is 0 Å². The fourth-order valence-electron chi connectivity index (χ4n) is 3.03. The van der Waals surface area contributed by atoms with E-state index in [2.05, 4.69) is 15.7 Å². The van der Waals surface area contributed by atoms with Gasteiger partial charge in [-0.15, -0.1) is 0 Å². The second kappa shape index (κ2) is 7.64. The van der Waals surface area contributed by atoms with Gasteiger partial charge in [-0.3, -0.25) is 19.1 Å². The van der Waals surface area contributed by atoms with E-state index in [9.17, 15) is 14.4 Å². The monoisotopic (exact) mass is 376 g/mol. The van der Waals surface area contributed by atoms with E-state index in [-0.39, 0.29) is 29.6 Å². The molecule has 0 bridgehead atoms. The maximum atomic E-state index is 12.3. The van der Waals surface area contributed by atoms with Crippen molar-refractivity contribution in [1.82, 2.24) is 9.78 Å². The fourth-order valence-corrected chi connectivity index (χ4v) is 3.03. The molecule has 1 aliphatic carbocycles. The summed E-state index contributed by atoms with van der Waals surface area (Å²) in [5.41, 5.74) is 1.85. The van der Waals surface area contributed by atoms with Gasteiger partial charge in [0.1, 0.15) is 0 Å². The van der Waals surface area contributed by atoms with Gasteiger partial charge in [-0.05, 0) is 43.2 Å². The molecule has 0 unspecified atom stereocenters. The van der Waals surface area contributed by atoms with Crippen molar-refractivity contribution < 1.29 is 9.59 Å². The third-order valence-corrected chi connectivity index (χ3v) is 4.67. The quantitative estimate of drug-likeness (QED) is 0.692.